The molecule has 0 bridgehead atoms. The number of hydrogen-bond acceptors (Lipinski definition) is 4. The minimum Gasteiger partial charge on any atom is -0.484 e. The average molecular weight is 322 g/mol. The molecule has 1 amide bonds. The van der Waals surface area contributed by atoms with E-state index in [-0.39, 0.29) is 12.5 Å². The largest absolute Gasteiger partial charge is 0.484 e. The van der Waals surface area contributed by atoms with Crippen LogP contribution in [-0.2, 0) is 11.3 Å². The zero-order valence-corrected chi connectivity index (χ0v) is 13.3. The first-order valence-corrected chi connectivity index (χ1v) is 7.72. The van der Waals surface area contributed by atoms with Gasteiger partial charge in [0.25, 0.3) is 5.91 Å². The first-order chi connectivity index (χ1) is 11.8. The second-order valence-corrected chi connectivity index (χ2v) is 5.17. The molecule has 0 aliphatic heterocycles. The second-order valence-electron chi connectivity index (χ2n) is 5.17. The average Bonchev–Trinajstić information content (AvgIpc) is 3.10. The van der Waals surface area contributed by atoms with E-state index in [1.54, 1.807) is 6.33 Å². The highest BCUT2D eigenvalue weighted by Gasteiger charge is 2.08. The van der Waals surface area contributed by atoms with Crippen molar-refractivity contribution in [1.82, 2.24) is 14.8 Å². The summed E-state index contributed by atoms with van der Waals surface area (Å²) in [5.74, 6) is 1.22. The molecule has 0 saturated heterocycles. The predicted molar refractivity (Wildman–Crippen MR) is 91.7 cm³/mol. The van der Waals surface area contributed by atoms with Gasteiger partial charge in [0, 0.05) is 17.8 Å². The van der Waals surface area contributed by atoms with Crippen molar-refractivity contribution in [2.75, 3.05) is 11.9 Å². The molecule has 0 fully saturated rings. The quantitative estimate of drug-likeness (QED) is 0.757. The van der Waals surface area contributed by atoms with Crippen LogP contribution in [0.4, 0.5) is 5.69 Å². The molecule has 0 spiro atoms. The lowest BCUT2D eigenvalue weighted by Gasteiger charge is -2.09. The number of nitrogens with zero attached hydrogens (tertiary/aromatic N) is 3. The molecular weight excluding hydrogens is 304 g/mol. The van der Waals surface area contributed by atoms with Crippen LogP contribution >= 0.6 is 0 Å². The van der Waals surface area contributed by atoms with E-state index in [1.165, 1.54) is 0 Å². The number of aromatic nitrogens is 3. The fraction of sp³-hybridized carbons (Fsp3) is 0.167. The number of para-hydroxylation sites is 1. The Hall–Kier alpha value is -3.15. The number of carbonyl (C=O) groups is 1. The predicted octanol–water partition coefficient (Wildman–Crippen LogP) is 2.98. The number of rotatable bonds is 6. The Bertz CT molecular complexity index is 815. The molecule has 0 aliphatic rings. The molecular formula is C18H18N4O2. The molecule has 0 radical (unpaired) electrons. The molecule has 0 atom stereocenters. The molecule has 3 aromatic rings. The van der Waals surface area contributed by atoms with Crippen molar-refractivity contribution in [3.63, 3.8) is 0 Å². The lowest BCUT2D eigenvalue weighted by atomic mass is 10.2. The van der Waals surface area contributed by atoms with Crippen LogP contribution in [0.15, 0.2) is 60.9 Å². The van der Waals surface area contributed by atoms with Gasteiger partial charge in [0.2, 0.25) is 0 Å². The minimum absolute atomic E-state index is 0.0423. The summed E-state index contributed by atoms with van der Waals surface area (Å²) in [6, 6.07) is 16.8. The zero-order chi connectivity index (χ0) is 16.8. The summed E-state index contributed by atoms with van der Waals surface area (Å²) in [7, 11) is 0. The SMILES string of the molecule is CCn1cnnc1-c1cccc(NC(=O)COc2ccccc2)c1. The molecule has 6 heteroatoms. The van der Waals surface area contributed by atoms with Gasteiger partial charge in [0.1, 0.15) is 12.1 Å². The van der Waals surface area contributed by atoms with Crippen LogP contribution in [0.2, 0.25) is 0 Å². The molecule has 2 aromatic carbocycles. The van der Waals surface area contributed by atoms with Crippen LogP contribution < -0.4 is 10.1 Å². The van der Waals surface area contributed by atoms with E-state index >= 15 is 0 Å². The summed E-state index contributed by atoms with van der Waals surface area (Å²) in [5.41, 5.74) is 1.59. The highest BCUT2D eigenvalue weighted by molar-refractivity contribution is 5.92. The molecule has 1 heterocycles. The van der Waals surface area contributed by atoms with Crippen LogP contribution in [0, 0.1) is 0 Å². The second kappa shape index (κ2) is 7.41. The van der Waals surface area contributed by atoms with E-state index in [2.05, 4.69) is 15.5 Å². The van der Waals surface area contributed by atoms with Crippen molar-refractivity contribution in [2.24, 2.45) is 0 Å². The van der Waals surface area contributed by atoms with Crippen molar-refractivity contribution in [2.45, 2.75) is 13.5 Å². The van der Waals surface area contributed by atoms with Gasteiger partial charge in [0.15, 0.2) is 12.4 Å². The Morgan fingerprint density at radius 3 is 2.79 bits per heavy atom. The first-order valence-electron chi connectivity index (χ1n) is 7.72. The van der Waals surface area contributed by atoms with Gasteiger partial charge in [-0.3, -0.25) is 4.79 Å². The first kappa shape index (κ1) is 15.7. The molecule has 1 N–H and O–H groups in total. The van der Waals surface area contributed by atoms with Crippen molar-refractivity contribution >= 4 is 11.6 Å². The number of carbonyl (C=O) groups excluding carboxylic acids is 1. The maximum absolute atomic E-state index is 12.0. The standard InChI is InChI=1S/C18H18N4O2/c1-2-22-13-19-21-18(22)14-7-6-8-15(11-14)20-17(23)12-24-16-9-4-3-5-10-16/h3-11,13H,2,12H2,1H3,(H,20,23). The Kier molecular flexibility index (Phi) is 4.86. The summed E-state index contributed by atoms with van der Waals surface area (Å²) < 4.78 is 7.38. The van der Waals surface area contributed by atoms with Crippen LogP contribution in [0.25, 0.3) is 11.4 Å². The molecule has 0 unspecified atom stereocenters. The number of amides is 1. The molecule has 122 valence electrons. The molecule has 24 heavy (non-hydrogen) atoms. The van der Waals surface area contributed by atoms with E-state index < -0.39 is 0 Å². The maximum Gasteiger partial charge on any atom is 0.262 e. The molecule has 3 rings (SSSR count). The molecule has 0 saturated carbocycles. The van der Waals surface area contributed by atoms with Crippen molar-refractivity contribution < 1.29 is 9.53 Å². The van der Waals surface area contributed by atoms with Gasteiger partial charge < -0.3 is 14.6 Å². The molecule has 0 aliphatic carbocycles. The van der Waals surface area contributed by atoms with Crippen LogP contribution in [0.5, 0.6) is 5.75 Å². The summed E-state index contributed by atoms with van der Waals surface area (Å²) in [6.45, 7) is 2.77. The van der Waals surface area contributed by atoms with E-state index in [1.807, 2.05) is 66.1 Å². The zero-order valence-electron chi connectivity index (χ0n) is 13.3. The molecule has 1 aromatic heterocycles. The van der Waals surface area contributed by atoms with Crippen molar-refractivity contribution in [3.8, 4) is 17.1 Å². The van der Waals surface area contributed by atoms with Crippen molar-refractivity contribution in [1.29, 1.82) is 0 Å². The van der Waals surface area contributed by atoms with Gasteiger partial charge in [-0.2, -0.15) is 0 Å². The van der Waals surface area contributed by atoms with Gasteiger partial charge in [0.05, 0.1) is 0 Å². The third kappa shape index (κ3) is 3.78. The number of benzene rings is 2. The Morgan fingerprint density at radius 2 is 2.00 bits per heavy atom. The maximum atomic E-state index is 12.0. The summed E-state index contributed by atoms with van der Waals surface area (Å²) >= 11 is 0. The Balaban J connectivity index is 1.65. The summed E-state index contributed by atoms with van der Waals surface area (Å²) in [6.07, 6.45) is 1.69. The fourth-order valence-corrected chi connectivity index (χ4v) is 2.31. The van der Waals surface area contributed by atoms with E-state index in [0.717, 1.165) is 17.9 Å². The van der Waals surface area contributed by atoms with Gasteiger partial charge in [-0.25, -0.2) is 0 Å². The van der Waals surface area contributed by atoms with Crippen LogP contribution in [0.1, 0.15) is 6.92 Å². The normalized spacial score (nSPS) is 10.4. The van der Waals surface area contributed by atoms with E-state index in [0.29, 0.717) is 11.4 Å². The smallest absolute Gasteiger partial charge is 0.262 e. The Labute approximate surface area is 140 Å². The lowest BCUT2D eigenvalue weighted by Crippen LogP contribution is -2.20. The highest BCUT2D eigenvalue weighted by atomic mass is 16.5. The third-order valence-electron chi connectivity index (χ3n) is 3.47. The van der Waals surface area contributed by atoms with Gasteiger partial charge in [-0.15, -0.1) is 10.2 Å². The van der Waals surface area contributed by atoms with E-state index in [9.17, 15) is 4.79 Å². The van der Waals surface area contributed by atoms with Gasteiger partial charge in [-0.05, 0) is 31.2 Å². The summed E-state index contributed by atoms with van der Waals surface area (Å²) in [5, 5.41) is 10.9. The monoisotopic (exact) mass is 322 g/mol. The van der Waals surface area contributed by atoms with Crippen molar-refractivity contribution in [3.05, 3.63) is 60.9 Å². The van der Waals surface area contributed by atoms with E-state index in [4.69, 9.17) is 4.74 Å². The number of nitrogens with one attached hydrogen (secondary N) is 1. The lowest BCUT2D eigenvalue weighted by molar-refractivity contribution is -0.118. The summed E-state index contributed by atoms with van der Waals surface area (Å²) in [4.78, 5) is 12.0. The van der Waals surface area contributed by atoms with Crippen LogP contribution in [0.3, 0.4) is 0 Å². The van der Waals surface area contributed by atoms with Gasteiger partial charge in [-0.1, -0.05) is 30.3 Å². The highest BCUT2D eigenvalue weighted by Crippen LogP contribution is 2.20. The minimum atomic E-state index is -0.215. The fourth-order valence-electron chi connectivity index (χ4n) is 2.31. The van der Waals surface area contributed by atoms with Gasteiger partial charge >= 0.3 is 0 Å². The number of anilines is 1. The number of aryl methyl sites for hydroxylation is 1. The molecule has 6 nitrogen and oxygen atoms in total. The number of hydrogen-bond donors (Lipinski definition) is 1. The van der Waals surface area contributed by atoms with Crippen LogP contribution in [-0.4, -0.2) is 27.3 Å². The topological polar surface area (TPSA) is 69.0 Å². The number of ether oxygens (including phenoxy) is 1. The Morgan fingerprint density at radius 1 is 1.17 bits per heavy atom. The third-order valence-corrected chi connectivity index (χ3v) is 3.47.